The van der Waals surface area contributed by atoms with Crippen LogP contribution in [0.4, 0.5) is 11.8 Å². The number of nitrogens with one attached hydrogen (secondary N) is 1. The first-order valence-corrected chi connectivity index (χ1v) is 6.85. The van der Waals surface area contributed by atoms with Crippen molar-refractivity contribution >= 4 is 22.7 Å². The predicted octanol–water partition coefficient (Wildman–Crippen LogP) is 3.45. The highest BCUT2D eigenvalue weighted by molar-refractivity contribution is 5.89. The second kappa shape index (κ2) is 5.87. The molecule has 1 heterocycles. The molecule has 0 amide bonds. The first-order valence-electron chi connectivity index (χ1n) is 6.85. The van der Waals surface area contributed by atoms with Gasteiger partial charge in [-0.1, -0.05) is 26.0 Å². The van der Waals surface area contributed by atoms with Crippen LogP contribution in [0.15, 0.2) is 24.3 Å². The summed E-state index contributed by atoms with van der Waals surface area (Å²) in [5.41, 5.74) is 6.64. The summed E-state index contributed by atoms with van der Waals surface area (Å²) in [5, 5.41) is 4.47. The van der Waals surface area contributed by atoms with E-state index in [0.717, 1.165) is 29.1 Å². The maximum Gasteiger partial charge on any atom is 0.222 e. The Hall–Kier alpha value is -1.84. The van der Waals surface area contributed by atoms with Gasteiger partial charge < -0.3 is 11.1 Å². The molecule has 0 radical (unpaired) electrons. The van der Waals surface area contributed by atoms with Crippen LogP contribution >= 0.6 is 0 Å². The zero-order chi connectivity index (χ0) is 13.8. The number of nitrogens with zero attached hydrogens (tertiary/aromatic N) is 2. The van der Waals surface area contributed by atoms with E-state index in [1.807, 2.05) is 24.3 Å². The first-order chi connectivity index (χ1) is 9.06. The molecule has 1 aromatic carbocycles. The number of benzene rings is 1. The Kier molecular flexibility index (Phi) is 4.20. The van der Waals surface area contributed by atoms with E-state index in [-0.39, 0.29) is 0 Å². The second-order valence-corrected chi connectivity index (χ2v) is 5.46. The molecule has 3 N–H and O–H groups in total. The fraction of sp³-hybridized carbons (Fsp3) is 0.467. The van der Waals surface area contributed by atoms with Crippen molar-refractivity contribution in [3.05, 3.63) is 24.3 Å². The summed E-state index contributed by atoms with van der Waals surface area (Å²) in [6, 6.07) is 8.30. The molecule has 19 heavy (non-hydrogen) atoms. The lowest BCUT2D eigenvalue weighted by Gasteiger charge is -2.17. The minimum atomic E-state index is 0.317. The zero-order valence-electron chi connectivity index (χ0n) is 11.9. The van der Waals surface area contributed by atoms with Crippen LogP contribution in [0.5, 0.6) is 0 Å². The van der Waals surface area contributed by atoms with E-state index in [0.29, 0.717) is 12.0 Å². The van der Waals surface area contributed by atoms with Gasteiger partial charge in [-0.15, -0.1) is 0 Å². The molecule has 4 heteroatoms. The monoisotopic (exact) mass is 258 g/mol. The Morgan fingerprint density at radius 2 is 1.84 bits per heavy atom. The SMILES string of the molecule is CC(C)CCC(C)Nc1nc(N)nc2ccccc12. The molecule has 1 atom stereocenters. The fourth-order valence-corrected chi connectivity index (χ4v) is 2.09. The number of rotatable bonds is 5. The maximum atomic E-state index is 5.76. The highest BCUT2D eigenvalue weighted by Crippen LogP contribution is 2.22. The lowest BCUT2D eigenvalue weighted by atomic mass is 10.0. The van der Waals surface area contributed by atoms with Gasteiger partial charge in [-0.05, 0) is 37.8 Å². The molecule has 0 aliphatic carbocycles. The summed E-state index contributed by atoms with van der Waals surface area (Å²) in [6.07, 6.45) is 2.32. The van der Waals surface area contributed by atoms with Gasteiger partial charge in [0.1, 0.15) is 5.82 Å². The molecule has 2 rings (SSSR count). The molecule has 0 aliphatic rings. The second-order valence-electron chi connectivity index (χ2n) is 5.46. The lowest BCUT2D eigenvalue weighted by molar-refractivity contribution is 0.527. The van der Waals surface area contributed by atoms with Crippen LogP contribution in [-0.4, -0.2) is 16.0 Å². The van der Waals surface area contributed by atoms with E-state index in [1.54, 1.807) is 0 Å². The highest BCUT2D eigenvalue weighted by Gasteiger charge is 2.09. The number of nitrogen functional groups attached to an aromatic ring is 1. The lowest BCUT2D eigenvalue weighted by Crippen LogP contribution is -2.17. The molecule has 1 aromatic heterocycles. The molecule has 0 spiro atoms. The van der Waals surface area contributed by atoms with Crippen LogP contribution in [0.2, 0.25) is 0 Å². The van der Waals surface area contributed by atoms with E-state index in [9.17, 15) is 0 Å². The predicted molar refractivity (Wildman–Crippen MR) is 81.1 cm³/mol. The van der Waals surface area contributed by atoms with Gasteiger partial charge in [0.25, 0.3) is 0 Å². The molecule has 0 fully saturated rings. The topological polar surface area (TPSA) is 63.8 Å². The Morgan fingerprint density at radius 1 is 1.11 bits per heavy atom. The molecule has 0 saturated carbocycles. The Morgan fingerprint density at radius 3 is 2.58 bits per heavy atom. The van der Waals surface area contributed by atoms with Crippen molar-refractivity contribution in [1.82, 2.24) is 9.97 Å². The van der Waals surface area contributed by atoms with Crippen molar-refractivity contribution < 1.29 is 0 Å². The summed E-state index contributed by atoms with van der Waals surface area (Å²) >= 11 is 0. The third-order valence-electron chi connectivity index (χ3n) is 3.18. The van der Waals surface area contributed by atoms with E-state index >= 15 is 0 Å². The highest BCUT2D eigenvalue weighted by atomic mass is 15.1. The van der Waals surface area contributed by atoms with Crippen molar-refractivity contribution in [3.8, 4) is 0 Å². The zero-order valence-corrected chi connectivity index (χ0v) is 11.9. The van der Waals surface area contributed by atoms with Crippen molar-refractivity contribution in [2.45, 2.75) is 39.7 Å². The summed E-state index contributed by atoms with van der Waals surface area (Å²) in [4.78, 5) is 8.57. The Labute approximate surface area is 114 Å². The van der Waals surface area contributed by atoms with Gasteiger partial charge in [0.2, 0.25) is 5.95 Å². The van der Waals surface area contributed by atoms with Gasteiger partial charge in [-0.2, -0.15) is 4.98 Å². The van der Waals surface area contributed by atoms with Crippen molar-refractivity contribution in [1.29, 1.82) is 0 Å². The summed E-state index contributed by atoms with van der Waals surface area (Å²) in [6.45, 7) is 6.66. The average Bonchev–Trinajstić information content (AvgIpc) is 2.36. The van der Waals surface area contributed by atoms with Crippen LogP contribution < -0.4 is 11.1 Å². The van der Waals surface area contributed by atoms with Gasteiger partial charge in [-0.3, -0.25) is 0 Å². The smallest absolute Gasteiger partial charge is 0.222 e. The van der Waals surface area contributed by atoms with Crippen LogP contribution in [-0.2, 0) is 0 Å². The van der Waals surface area contributed by atoms with Crippen molar-refractivity contribution in [2.75, 3.05) is 11.1 Å². The third-order valence-corrected chi connectivity index (χ3v) is 3.18. The van der Waals surface area contributed by atoms with E-state index in [1.165, 1.54) is 6.42 Å². The minimum absolute atomic E-state index is 0.317. The van der Waals surface area contributed by atoms with Crippen LogP contribution in [0.1, 0.15) is 33.6 Å². The van der Waals surface area contributed by atoms with Crippen LogP contribution in [0.3, 0.4) is 0 Å². The summed E-state index contributed by atoms with van der Waals surface area (Å²) in [7, 11) is 0. The van der Waals surface area contributed by atoms with E-state index < -0.39 is 0 Å². The van der Waals surface area contributed by atoms with Gasteiger partial charge in [0.05, 0.1) is 5.52 Å². The standard InChI is InChI=1S/C15H22N4/c1-10(2)8-9-11(3)17-14-12-6-4-5-7-13(12)18-15(16)19-14/h4-7,10-11H,8-9H2,1-3H3,(H3,16,17,18,19). The van der Waals surface area contributed by atoms with Gasteiger partial charge in [-0.25, -0.2) is 4.98 Å². The van der Waals surface area contributed by atoms with Gasteiger partial charge in [0.15, 0.2) is 0 Å². The molecule has 4 nitrogen and oxygen atoms in total. The molecule has 2 aromatic rings. The minimum Gasteiger partial charge on any atom is -0.368 e. The molecular formula is C15H22N4. The van der Waals surface area contributed by atoms with Crippen molar-refractivity contribution in [3.63, 3.8) is 0 Å². The molecule has 1 unspecified atom stereocenters. The van der Waals surface area contributed by atoms with Crippen molar-refractivity contribution in [2.24, 2.45) is 5.92 Å². The van der Waals surface area contributed by atoms with Crippen LogP contribution in [0, 0.1) is 5.92 Å². The number of fused-ring (bicyclic) bond motifs is 1. The Balaban J connectivity index is 2.20. The number of hydrogen-bond acceptors (Lipinski definition) is 4. The molecule has 0 aliphatic heterocycles. The Bertz CT molecular complexity index is 551. The number of nitrogens with two attached hydrogens (primary N) is 1. The van der Waals surface area contributed by atoms with Gasteiger partial charge >= 0.3 is 0 Å². The summed E-state index contributed by atoms with van der Waals surface area (Å²) in [5.74, 6) is 1.87. The average molecular weight is 258 g/mol. The molecular weight excluding hydrogens is 236 g/mol. The molecule has 102 valence electrons. The van der Waals surface area contributed by atoms with E-state index in [4.69, 9.17) is 5.73 Å². The maximum absolute atomic E-state index is 5.76. The number of para-hydroxylation sites is 1. The first kappa shape index (κ1) is 13.6. The third kappa shape index (κ3) is 3.56. The quantitative estimate of drug-likeness (QED) is 0.862. The molecule has 0 saturated heterocycles. The molecule has 0 bridgehead atoms. The largest absolute Gasteiger partial charge is 0.368 e. The normalized spacial score (nSPS) is 12.8. The number of anilines is 2. The number of aromatic nitrogens is 2. The fourth-order valence-electron chi connectivity index (χ4n) is 2.09. The summed E-state index contributed by atoms with van der Waals surface area (Å²) < 4.78 is 0. The van der Waals surface area contributed by atoms with E-state index in [2.05, 4.69) is 36.1 Å². The number of hydrogen-bond donors (Lipinski definition) is 2. The van der Waals surface area contributed by atoms with Crippen LogP contribution in [0.25, 0.3) is 10.9 Å². The van der Waals surface area contributed by atoms with Gasteiger partial charge in [0, 0.05) is 11.4 Å².